The summed E-state index contributed by atoms with van der Waals surface area (Å²) in [5, 5.41) is 20.3. The molecule has 0 saturated carbocycles. The third-order valence-corrected chi connectivity index (χ3v) is 0.321. The number of carbonyl (C=O) groups is 2. The normalized spacial score (nSPS) is 7.00. The Kier molecular flexibility index (Phi) is 8.92. The van der Waals surface area contributed by atoms with E-state index in [2.05, 4.69) is 0 Å². The van der Waals surface area contributed by atoms with Crippen LogP contribution in [0.2, 0.25) is 0 Å². The van der Waals surface area contributed by atoms with Crippen LogP contribution in [0.1, 0.15) is 13.8 Å². The molecule has 0 aliphatic rings. The number of amides is 1. The van der Waals surface area contributed by atoms with E-state index in [4.69, 9.17) is 9.90 Å². The smallest absolute Gasteiger partial charge is 0.134 e. The summed E-state index contributed by atoms with van der Waals surface area (Å²) in [5.74, 6) is -1.08. The third kappa shape index (κ3) is 73.3. The first-order valence-corrected chi connectivity index (χ1v) is 2.63. The van der Waals surface area contributed by atoms with Crippen molar-refractivity contribution in [2.45, 2.75) is 13.8 Å². The lowest BCUT2D eigenvalue weighted by atomic mass is 10.8. The number of rotatable bonds is 1. The number of hydrogen-bond acceptors (Lipinski definition) is 4. The van der Waals surface area contributed by atoms with E-state index < -0.39 is 12.1 Å². The van der Waals surface area contributed by atoms with Crippen LogP contribution in [0.25, 0.3) is 0 Å². The fourth-order valence-electron chi connectivity index (χ4n) is 0.144. The van der Waals surface area contributed by atoms with Crippen LogP contribution < -0.4 is 15.5 Å². The van der Waals surface area contributed by atoms with Crippen molar-refractivity contribution in [1.82, 2.24) is 5.32 Å². The van der Waals surface area contributed by atoms with Crippen LogP contribution >= 0.6 is 0 Å². The Bertz CT molecular complexity index is 108. The summed E-state index contributed by atoms with van der Waals surface area (Å²) in [7, 11) is 0. The molecule has 0 saturated heterocycles. The van der Waals surface area contributed by atoms with Crippen molar-refractivity contribution in [2.24, 2.45) is 0 Å². The van der Waals surface area contributed by atoms with Gasteiger partial charge in [0.15, 0.2) is 0 Å². The summed E-state index contributed by atoms with van der Waals surface area (Å²) in [5.41, 5.74) is 0. The van der Waals surface area contributed by atoms with Gasteiger partial charge in [-0.3, -0.25) is 0 Å². The molecule has 1 amide bonds. The van der Waals surface area contributed by atoms with Crippen molar-refractivity contribution < 1.29 is 19.8 Å². The summed E-state index contributed by atoms with van der Waals surface area (Å²) in [6, 6.07) is 0. The second-order valence-corrected chi connectivity index (χ2v) is 1.31. The van der Waals surface area contributed by atoms with Crippen molar-refractivity contribution in [3.8, 4) is 0 Å². The minimum absolute atomic E-state index is 0.419. The van der Waals surface area contributed by atoms with Gasteiger partial charge >= 0.3 is 0 Å². The molecular weight excluding hydrogens is 138 g/mol. The van der Waals surface area contributed by atoms with Crippen LogP contribution in [0, 0.1) is 0 Å². The van der Waals surface area contributed by atoms with Crippen molar-refractivity contribution in [2.75, 3.05) is 6.54 Å². The van der Waals surface area contributed by atoms with Crippen molar-refractivity contribution in [3.63, 3.8) is 0 Å². The molecule has 0 aliphatic carbocycles. The van der Waals surface area contributed by atoms with Crippen molar-refractivity contribution in [1.29, 1.82) is 0 Å². The van der Waals surface area contributed by atoms with Crippen LogP contribution in [0.3, 0.4) is 0 Å². The van der Waals surface area contributed by atoms with Gasteiger partial charge in [-0.05, 0) is 13.8 Å². The van der Waals surface area contributed by atoms with E-state index in [1.165, 1.54) is 0 Å². The first kappa shape index (κ1) is 11.5. The Morgan fingerprint density at radius 1 is 1.40 bits per heavy atom. The Labute approximate surface area is 58.7 Å². The largest absolute Gasteiger partial charge is 0.550 e. The molecule has 0 radical (unpaired) electrons. The van der Waals surface area contributed by atoms with E-state index in [0.29, 0.717) is 6.54 Å². The first-order chi connectivity index (χ1) is 4.50. The van der Waals surface area contributed by atoms with Crippen molar-refractivity contribution in [3.05, 3.63) is 0 Å². The van der Waals surface area contributed by atoms with E-state index in [1.54, 1.807) is 6.92 Å². The van der Waals surface area contributed by atoms with Gasteiger partial charge in [0.2, 0.25) is 0 Å². The van der Waals surface area contributed by atoms with Gasteiger partial charge in [-0.25, -0.2) is 0 Å². The average Bonchev–Trinajstić information content (AvgIpc) is 1.62. The molecule has 0 aromatic carbocycles. The molecule has 60 valence electrons. The van der Waals surface area contributed by atoms with Crippen LogP contribution in [0.4, 0.5) is 4.79 Å². The molecule has 5 heteroatoms. The highest BCUT2D eigenvalue weighted by Gasteiger charge is 1.69. The maximum atomic E-state index is 9.38. The second-order valence-electron chi connectivity index (χ2n) is 1.31. The molecule has 1 N–H and O–H groups in total. The minimum Gasteiger partial charge on any atom is -0.550 e. The molecule has 0 unspecified atom stereocenters. The fraction of sp³-hybridized carbons (Fsp3) is 0.600. The fourth-order valence-corrected chi connectivity index (χ4v) is 0.144. The molecule has 0 aliphatic heterocycles. The van der Waals surface area contributed by atoms with Crippen LogP contribution in [0.5, 0.6) is 0 Å². The monoisotopic (exact) mass is 147 g/mol. The first-order valence-electron chi connectivity index (χ1n) is 2.63. The molecule has 10 heavy (non-hydrogen) atoms. The van der Waals surface area contributed by atoms with E-state index in [-0.39, 0.29) is 0 Å². The summed E-state index contributed by atoms with van der Waals surface area (Å²) < 4.78 is 0. The summed E-state index contributed by atoms with van der Waals surface area (Å²) in [4.78, 5) is 18.3. The number of carboxylic acids is 1. The van der Waals surface area contributed by atoms with Crippen LogP contribution in [-0.2, 0) is 4.79 Å². The van der Waals surface area contributed by atoms with Gasteiger partial charge in [0.1, 0.15) is 6.09 Å². The topological polar surface area (TPSA) is 92.3 Å². The highest BCUT2D eigenvalue weighted by molar-refractivity contribution is 5.61. The SMILES string of the molecule is CC(=O)[O-].CCNC(=O)[O-]. The van der Waals surface area contributed by atoms with Gasteiger partial charge in [0.05, 0.1) is 0 Å². The van der Waals surface area contributed by atoms with Gasteiger partial charge in [-0.1, -0.05) is 0 Å². The number of carboxylic acid groups (broad SMARTS) is 2. The summed E-state index contributed by atoms with van der Waals surface area (Å²) in [6.45, 7) is 3.08. The molecule has 5 nitrogen and oxygen atoms in total. The molecule has 0 rings (SSSR count). The highest BCUT2D eigenvalue weighted by Crippen LogP contribution is 1.48. The average molecular weight is 147 g/mol. The van der Waals surface area contributed by atoms with E-state index in [0.717, 1.165) is 6.92 Å². The Morgan fingerprint density at radius 2 is 1.70 bits per heavy atom. The predicted molar refractivity (Wildman–Crippen MR) is 29.8 cm³/mol. The molecule has 0 atom stereocenters. The number of hydrogen-bond donors (Lipinski definition) is 1. The standard InChI is InChI=1S/C3H7NO2.C2H4O2/c1-2-4-3(5)6;1-2(3)4/h4H,2H2,1H3,(H,5,6);1H3,(H,3,4)/p-2. The number of carbonyl (C=O) groups excluding carboxylic acids is 2. The zero-order chi connectivity index (χ0) is 8.57. The van der Waals surface area contributed by atoms with Gasteiger partial charge in [-0.15, -0.1) is 0 Å². The van der Waals surface area contributed by atoms with Gasteiger partial charge in [-0.2, -0.15) is 0 Å². The summed E-state index contributed by atoms with van der Waals surface area (Å²) in [6.07, 6.45) is -1.21. The molecule has 0 fully saturated rings. The summed E-state index contributed by atoms with van der Waals surface area (Å²) >= 11 is 0. The Hall–Kier alpha value is -1.26. The molecule has 0 aromatic heterocycles. The molecule has 0 aromatic rings. The lowest BCUT2D eigenvalue weighted by molar-refractivity contribution is -0.302. The number of aliphatic carboxylic acids is 1. The lowest BCUT2D eigenvalue weighted by Crippen LogP contribution is -2.35. The quantitative estimate of drug-likeness (QED) is 0.451. The minimum atomic E-state index is -1.21. The molecular formula is C5H9NO4-2. The van der Waals surface area contributed by atoms with Gasteiger partial charge in [0.25, 0.3) is 0 Å². The van der Waals surface area contributed by atoms with E-state index in [9.17, 15) is 9.90 Å². The second kappa shape index (κ2) is 7.74. The highest BCUT2D eigenvalue weighted by atomic mass is 16.4. The maximum Gasteiger partial charge on any atom is 0.134 e. The van der Waals surface area contributed by atoms with Gasteiger partial charge < -0.3 is 25.1 Å². The van der Waals surface area contributed by atoms with E-state index in [1.807, 2.05) is 5.32 Å². The van der Waals surface area contributed by atoms with Crippen molar-refractivity contribution >= 4 is 12.1 Å². The zero-order valence-corrected chi connectivity index (χ0v) is 5.84. The predicted octanol–water partition coefficient (Wildman–Crippen LogP) is -2.30. The molecule has 0 spiro atoms. The Morgan fingerprint density at radius 3 is 1.70 bits per heavy atom. The molecule has 0 heterocycles. The Balaban J connectivity index is 0. The van der Waals surface area contributed by atoms with Crippen LogP contribution in [0.15, 0.2) is 0 Å². The third-order valence-electron chi connectivity index (χ3n) is 0.321. The number of nitrogens with one attached hydrogen (secondary N) is 1. The lowest BCUT2D eigenvalue weighted by Gasteiger charge is -1.98. The van der Waals surface area contributed by atoms with Gasteiger partial charge in [0, 0.05) is 12.5 Å². The maximum absolute atomic E-state index is 9.38. The van der Waals surface area contributed by atoms with Crippen LogP contribution in [-0.4, -0.2) is 18.6 Å². The molecule has 0 bridgehead atoms. The van der Waals surface area contributed by atoms with E-state index >= 15 is 0 Å². The zero-order valence-electron chi connectivity index (χ0n) is 5.84.